The van der Waals surface area contributed by atoms with Gasteiger partial charge in [-0.2, -0.15) is 9.78 Å². The van der Waals surface area contributed by atoms with E-state index in [0.29, 0.717) is 30.7 Å². The van der Waals surface area contributed by atoms with Crippen molar-refractivity contribution in [2.45, 2.75) is 32.0 Å². The number of nitrogens with zero attached hydrogens (tertiary/aromatic N) is 3. The summed E-state index contributed by atoms with van der Waals surface area (Å²) in [5.41, 5.74) is 3.88. The number of benzene rings is 1. The van der Waals surface area contributed by atoms with E-state index in [1.54, 1.807) is 0 Å². The fraction of sp³-hybridized carbons (Fsp3) is 0.400. The first-order valence-corrected chi connectivity index (χ1v) is 9.65. The van der Waals surface area contributed by atoms with Crippen LogP contribution in [0.1, 0.15) is 24.1 Å². The van der Waals surface area contributed by atoms with Crippen LogP contribution in [0, 0.1) is 0 Å². The second kappa shape index (κ2) is 7.11. The van der Waals surface area contributed by atoms with Crippen LogP contribution in [0.2, 0.25) is 5.02 Å². The number of rotatable bonds is 4. The largest absolute Gasteiger partial charge is 0.474 e. The Labute approximate surface area is 162 Å². The van der Waals surface area contributed by atoms with Crippen LogP contribution in [0.4, 0.5) is 0 Å². The van der Waals surface area contributed by atoms with Crippen molar-refractivity contribution in [1.82, 2.24) is 14.8 Å². The molecule has 1 unspecified atom stereocenters. The second-order valence-corrected chi connectivity index (χ2v) is 7.32. The molecular formula is C20H20ClN3O3. The summed E-state index contributed by atoms with van der Waals surface area (Å²) in [7, 11) is 0. The fourth-order valence-corrected chi connectivity index (χ4v) is 3.79. The number of pyridine rings is 1. The molecule has 2 aliphatic rings. The Morgan fingerprint density at radius 2 is 2.11 bits per heavy atom. The maximum atomic E-state index is 6.21. The van der Waals surface area contributed by atoms with Crippen LogP contribution in [-0.2, 0) is 22.5 Å². The standard InChI is InChI=1S/C20H20ClN3O3/c21-13-3-5-14(6-4-13)24-20(27-11-15-2-1-8-26-15)16-10-22-18-7-9-25-12-17(18)19(16)23-24/h3-6,10,15H,1-2,7-9,11-12H2. The number of fused-ring (bicyclic) bond motifs is 3. The zero-order valence-electron chi connectivity index (χ0n) is 14.9. The van der Waals surface area contributed by atoms with Gasteiger partial charge in [-0.15, -0.1) is 0 Å². The lowest BCUT2D eigenvalue weighted by Crippen LogP contribution is -2.17. The number of halogens is 1. The third-order valence-electron chi connectivity index (χ3n) is 5.09. The van der Waals surface area contributed by atoms with E-state index >= 15 is 0 Å². The Hall–Kier alpha value is -2.15. The lowest BCUT2D eigenvalue weighted by Gasteiger charge is -2.15. The molecule has 3 aromatic rings. The van der Waals surface area contributed by atoms with Gasteiger partial charge in [0.1, 0.15) is 12.1 Å². The average molecular weight is 386 g/mol. The Morgan fingerprint density at radius 1 is 1.22 bits per heavy atom. The molecule has 2 aromatic heterocycles. The molecule has 0 bridgehead atoms. The van der Waals surface area contributed by atoms with Crippen molar-refractivity contribution in [3.63, 3.8) is 0 Å². The van der Waals surface area contributed by atoms with Crippen LogP contribution in [0.3, 0.4) is 0 Å². The fourth-order valence-electron chi connectivity index (χ4n) is 3.67. The summed E-state index contributed by atoms with van der Waals surface area (Å²) >= 11 is 6.06. The van der Waals surface area contributed by atoms with Gasteiger partial charge in [0.25, 0.3) is 0 Å². The number of ether oxygens (including phenoxy) is 3. The highest BCUT2D eigenvalue weighted by Gasteiger charge is 2.24. The third-order valence-corrected chi connectivity index (χ3v) is 5.34. The Kier molecular flexibility index (Phi) is 4.47. The molecule has 4 heterocycles. The monoisotopic (exact) mass is 385 g/mol. The predicted octanol–water partition coefficient (Wildman–Crippen LogP) is 3.70. The van der Waals surface area contributed by atoms with Crippen molar-refractivity contribution in [2.24, 2.45) is 0 Å². The van der Waals surface area contributed by atoms with Crippen molar-refractivity contribution in [2.75, 3.05) is 19.8 Å². The van der Waals surface area contributed by atoms with Crippen LogP contribution in [0.5, 0.6) is 5.88 Å². The Bertz CT molecular complexity index is 965. The average Bonchev–Trinajstić information content (AvgIpc) is 3.34. The molecule has 2 aliphatic heterocycles. The first kappa shape index (κ1) is 17.0. The summed E-state index contributed by atoms with van der Waals surface area (Å²) < 4.78 is 19.4. The molecular weight excluding hydrogens is 366 g/mol. The van der Waals surface area contributed by atoms with E-state index in [1.165, 1.54) is 0 Å². The second-order valence-electron chi connectivity index (χ2n) is 6.89. The van der Waals surface area contributed by atoms with Gasteiger partial charge in [0.2, 0.25) is 5.88 Å². The van der Waals surface area contributed by atoms with E-state index in [1.807, 2.05) is 35.1 Å². The molecule has 0 spiro atoms. The molecule has 0 N–H and O–H groups in total. The molecule has 1 atom stereocenters. The van der Waals surface area contributed by atoms with Gasteiger partial charge in [-0.1, -0.05) is 11.6 Å². The van der Waals surface area contributed by atoms with E-state index in [4.69, 9.17) is 30.9 Å². The maximum absolute atomic E-state index is 6.21. The minimum absolute atomic E-state index is 0.127. The molecule has 6 nitrogen and oxygen atoms in total. The summed E-state index contributed by atoms with van der Waals surface area (Å²) in [6, 6.07) is 7.57. The van der Waals surface area contributed by atoms with Crippen LogP contribution < -0.4 is 4.74 Å². The van der Waals surface area contributed by atoms with Crippen LogP contribution in [0.25, 0.3) is 16.6 Å². The molecule has 27 heavy (non-hydrogen) atoms. The van der Waals surface area contributed by atoms with Gasteiger partial charge in [0.15, 0.2) is 0 Å². The summed E-state index contributed by atoms with van der Waals surface area (Å²) in [4.78, 5) is 4.64. The van der Waals surface area contributed by atoms with E-state index in [9.17, 15) is 0 Å². The summed E-state index contributed by atoms with van der Waals surface area (Å²) in [5.74, 6) is 0.684. The van der Waals surface area contributed by atoms with Gasteiger partial charge < -0.3 is 14.2 Å². The van der Waals surface area contributed by atoms with E-state index in [-0.39, 0.29) is 6.10 Å². The molecule has 0 amide bonds. The van der Waals surface area contributed by atoms with E-state index < -0.39 is 0 Å². The highest BCUT2D eigenvalue weighted by Crippen LogP contribution is 2.33. The third kappa shape index (κ3) is 3.18. The van der Waals surface area contributed by atoms with Crippen molar-refractivity contribution in [1.29, 1.82) is 0 Å². The van der Waals surface area contributed by atoms with Gasteiger partial charge in [0, 0.05) is 29.8 Å². The minimum atomic E-state index is 0.127. The number of hydrogen-bond donors (Lipinski definition) is 0. The Balaban J connectivity index is 1.61. The molecule has 1 fully saturated rings. The van der Waals surface area contributed by atoms with Crippen LogP contribution >= 0.6 is 11.6 Å². The van der Waals surface area contributed by atoms with Gasteiger partial charge >= 0.3 is 0 Å². The first-order valence-electron chi connectivity index (χ1n) is 9.27. The number of aromatic nitrogens is 3. The highest BCUT2D eigenvalue weighted by molar-refractivity contribution is 6.30. The quantitative estimate of drug-likeness (QED) is 0.685. The van der Waals surface area contributed by atoms with Gasteiger partial charge in [-0.3, -0.25) is 4.98 Å². The van der Waals surface area contributed by atoms with Crippen molar-refractivity contribution >= 4 is 22.5 Å². The van der Waals surface area contributed by atoms with Crippen LogP contribution in [-0.4, -0.2) is 40.7 Å². The lowest BCUT2D eigenvalue weighted by atomic mass is 10.1. The highest BCUT2D eigenvalue weighted by atomic mass is 35.5. The summed E-state index contributed by atoms with van der Waals surface area (Å²) in [5, 5.41) is 6.44. The van der Waals surface area contributed by atoms with Crippen LogP contribution in [0.15, 0.2) is 30.5 Å². The van der Waals surface area contributed by atoms with Crippen molar-refractivity contribution in [3.05, 3.63) is 46.7 Å². The normalized spacial score (nSPS) is 19.4. The summed E-state index contributed by atoms with van der Waals surface area (Å²) in [6.07, 6.45) is 4.91. The smallest absolute Gasteiger partial charge is 0.226 e. The van der Waals surface area contributed by atoms with Gasteiger partial charge in [-0.05, 0) is 37.1 Å². The molecule has 0 aliphatic carbocycles. The molecule has 140 valence electrons. The molecule has 1 saturated heterocycles. The molecule has 1 aromatic carbocycles. The SMILES string of the molecule is Clc1ccc(-n2nc3c4c(ncc3c2OCC2CCCO2)CCOC4)cc1. The number of hydrogen-bond acceptors (Lipinski definition) is 5. The molecule has 5 rings (SSSR count). The Morgan fingerprint density at radius 3 is 2.93 bits per heavy atom. The van der Waals surface area contributed by atoms with Crippen molar-refractivity contribution < 1.29 is 14.2 Å². The lowest BCUT2D eigenvalue weighted by molar-refractivity contribution is 0.0659. The summed E-state index contributed by atoms with van der Waals surface area (Å²) in [6.45, 7) is 2.54. The maximum Gasteiger partial charge on any atom is 0.226 e. The molecule has 0 radical (unpaired) electrons. The van der Waals surface area contributed by atoms with E-state index in [2.05, 4.69) is 4.98 Å². The first-order chi connectivity index (χ1) is 13.3. The van der Waals surface area contributed by atoms with Crippen molar-refractivity contribution in [3.8, 4) is 11.6 Å². The van der Waals surface area contributed by atoms with Gasteiger partial charge in [0.05, 0.1) is 36.1 Å². The molecule has 7 heteroatoms. The van der Waals surface area contributed by atoms with Gasteiger partial charge in [-0.25, -0.2) is 0 Å². The van der Waals surface area contributed by atoms with E-state index in [0.717, 1.165) is 53.7 Å². The minimum Gasteiger partial charge on any atom is -0.474 e. The zero-order chi connectivity index (χ0) is 18.2. The molecule has 0 saturated carbocycles. The topological polar surface area (TPSA) is 58.4 Å². The predicted molar refractivity (Wildman–Crippen MR) is 102 cm³/mol. The zero-order valence-corrected chi connectivity index (χ0v) is 15.6.